The average molecular weight is 464 g/mol. The highest BCUT2D eigenvalue weighted by Gasteiger charge is 2.22. The van der Waals surface area contributed by atoms with Gasteiger partial charge in [0.1, 0.15) is 35.4 Å². The lowest BCUT2D eigenvalue weighted by Gasteiger charge is -2.12. The van der Waals surface area contributed by atoms with Gasteiger partial charge in [-0.05, 0) is 49.4 Å². The number of nitro groups is 1. The number of aromatic amines is 1. The van der Waals surface area contributed by atoms with Crippen LogP contribution in [0.25, 0.3) is 21.6 Å². The van der Waals surface area contributed by atoms with Gasteiger partial charge in [0, 0.05) is 17.0 Å². The zero-order valence-electron chi connectivity index (χ0n) is 17.7. The Hall–Kier alpha value is -3.72. The SMILES string of the molecule is O=c1[nH]c(-c2cc([N+](=O)[O-])ccc2OCCOc2ccccc2)nc2sc3c(c12)CCCC3. The minimum atomic E-state index is -0.480. The molecule has 0 unspecified atom stereocenters. The maximum atomic E-state index is 13.0. The van der Waals surface area contributed by atoms with Gasteiger partial charge in [-0.3, -0.25) is 14.9 Å². The molecule has 9 heteroatoms. The number of nitrogens with zero attached hydrogens (tertiary/aromatic N) is 2. The van der Waals surface area contributed by atoms with Crippen molar-refractivity contribution in [2.75, 3.05) is 13.2 Å². The number of hydrogen-bond donors (Lipinski definition) is 1. The van der Waals surface area contributed by atoms with Crippen LogP contribution in [0.2, 0.25) is 0 Å². The van der Waals surface area contributed by atoms with Crippen molar-refractivity contribution in [2.45, 2.75) is 25.7 Å². The summed E-state index contributed by atoms with van der Waals surface area (Å²) in [5.74, 6) is 1.37. The van der Waals surface area contributed by atoms with E-state index < -0.39 is 4.92 Å². The molecule has 0 saturated carbocycles. The maximum Gasteiger partial charge on any atom is 0.270 e. The predicted molar refractivity (Wildman–Crippen MR) is 126 cm³/mol. The number of non-ortho nitro benzene ring substituents is 1. The van der Waals surface area contributed by atoms with Crippen molar-refractivity contribution in [2.24, 2.45) is 0 Å². The summed E-state index contributed by atoms with van der Waals surface area (Å²) in [7, 11) is 0. The molecule has 2 aromatic carbocycles. The molecular formula is C24H21N3O5S. The Morgan fingerprint density at radius 3 is 2.67 bits per heavy atom. The van der Waals surface area contributed by atoms with Crippen molar-refractivity contribution in [3.63, 3.8) is 0 Å². The summed E-state index contributed by atoms with van der Waals surface area (Å²) in [6.07, 6.45) is 4.01. The Balaban J connectivity index is 1.47. The van der Waals surface area contributed by atoms with Gasteiger partial charge < -0.3 is 14.5 Å². The molecule has 1 N–H and O–H groups in total. The van der Waals surface area contributed by atoms with Crippen LogP contribution in [0.15, 0.2) is 53.3 Å². The molecule has 168 valence electrons. The number of thiophene rings is 1. The number of fused-ring (bicyclic) bond motifs is 3. The monoisotopic (exact) mass is 463 g/mol. The van der Waals surface area contributed by atoms with E-state index in [0.717, 1.165) is 37.0 Å². The molecule has 4 aromatic rings. The van der Waals surface area contributed by atoms with Gasteiger partial charge in [0.05, 0.1) is 15.9 Å². The van der Waals surface area contributed by atoms with E-state index in [9.17, 15) is 14.9 Å². The lowest BCUT2D eigenvalue weighted by atomic mass is 9.97. The molecule has 2 aromatic heterocycles. The summed E-state index contributed by atoms with van der Waals surface area (Å²) < 4.78 is 11.5. The van der Waals surface area contributed by atoms with E-state index in [4.69, 9.17) is 9.47 Å². The molecule has 0 fully saturated rings. The Bertz CT molecular complexity index is 1380. The van der Waals surface area contributed by atoms with E-state index in [-0.39, 0.29) is 23.7 Å². The number of hydrogen-bond acceptors (Lipinski definition) is 7. The van der Waals surface area contributed by atoms with Crippen LogP contribution in [-0.2, 0) is 12.8 Å². The highest BCUT2D eigenvalue weighted by molar-refractivity contribution is 7.18. The van der Waals surface area contributed by atoms with Crippen molar-refractivity contribution in [1.29, 1.82) is 0 Å². The fraction of sp³-hybridized carbons (Fsp3) is 0.250. The largest absolute Gasteiger partial charge is 0.490 e. The summed E-state index contributed by atoms with van der Waals surface area (Å²) in [5, 5.41) is 12.0. The number of aromatic nitrogens is 2. The molecule has 0 radical (unpaired) electrons. The first-order chi connectivity index (χ1) is 16.1. The van der Waals surface area contributed by atoms with Crippen LogP contribution < -0.4 is 15.0 Å². The third-order valence-electron chi connectivity index (χ3n) is 5.61. The standard InChI is InChI=1S/C24H21N3O5S/c28-23-21-17-8-4-5-9-20(17)33-24(21)26-22(25-23)18-14-15(27(29)30)10-11-19(18)32-13-12-31-16-6-2-1-3-7-16/h1-3,6-7,10-11,14H,4-5,8-9,12-13H2,(H,25,26,28). The second-order valence-electron chi connectivity index (χ2n) is 7.75. The van der Waals surface area contributed by atoms with Crippen LogP contribution in [0.4, 0.5) is 5.69 Å². The highest BCUT2D eigenvalue weighted by atomic mass is 32.1. The topological polar surface area (TPSA) is 107 Å². The van der Waals surface area contributed by atoms with Crippen molar-refractivity contribution in [1.82, 2.24) is 9.97 Å². The number of ether oxygens (including phenoxy) is 2. The summed E-state index contributed by atoms with van der Waals surface area (Å²) in [6.45, 7) is 0.514. The Labute approximate surface area is 193 Å². The van der Waals surface area contributed by atoms with Gasteiger partial charge in [0.15, 0.2) is 0 Å². The maximum absolute atomic E-state index is 13.0. The Kier molecular flexibility index (Phi) is 5.78. The number of para-hydroxylation sites is 1. The molecule has 2 heterocycles. The predicted octanol–water partition coefficient (Wildman–Crippen LogP) is 4.90. The fourth-order valence-corrected chi connectivity index (χ4v) is 5.32. The summed E-state index contributed by atoms with van der Waals surface area (Å²) in [6, 6.07) is 13.6. The molecule has 0 saturated heterocycles. The number of nitro benzene ring substituents is 1. The molecular weight excluding hydrogens is 442 g/mol. The van der Waals surface area contributed by atoms with Gasteiger partial charge in [-0.1, -0.05) is 18.2 Å². The molecule has 0 atom stereocenters. The first-order valence-corrected chi connectivity index (χ1v) is 11.6. The number of aryl methyl sites for hydroxylation is 2. The number of H-pyrrole nitrogens is 1. The van der Waals surface area contributed by atoms with Gasteiger partial charge in [0.2, 0.25) is 0 Å². The molecule has 1 aliphatic rings. The average Bonchev–Trinajstić information content (AvgIpc) is 3.21. The van der Waals surface area contributed by atoms with Crippen LogP contribution in [0.5, 0.6) is 11.5 Å². The van der Waals surface area contributed by atoms with Crippen molar-refractivity contribution in [3.05, 3.63) is 79.4 Å². The smallest absolute Gasteiger partial charge is 0.270 e. The number of nitrogens with one attached hydrogen (secondary N) is 1. The third kappa shape index (κ3) is 4.31. The Morgan fingerprint density at radius 2 is 1.85 bits per heavy atom. The van der Waals surface area contributed by atoms with E-state index in [1.165, 1.54) is 34.4 Å². The fourth-order valence-electron chi connectivity index (χ4n) is 4.06. The van der Waals surface area contributed by atoms with Gasteiger partial charge >= 0.3 is 0 Å². The van der Waals surface area contributed by atoms with Gasteiger partial charge in [0.25, 0.3) is 11.2 Å². The van der Waals surface area contributed by atoms with E-state index in [0.29, 0.717) is 28.1 Å². The Morgan fingerprint density at radius 1 is 1.06 bits per heavy atom. The van der Waals surface area contributed by atoms with Crippen LogP contribution in [0, 0.1) is 10.1 Å². The second-order valence-corrected chi connectivity index (χ2v) is 8.84. The van der Waals surface area contributed by atoms with Crippen molar-refractivity contribution >= 4 is 27.2 Å². The van der Waals surface area contributed by atoms with Gasteiger partial charge in [-0.25, -0.2) is 4.98 Å². The van der Waals surface area contributed by atoms with E-state index in [1.54, 1.807) is 0 Å². The van der Waals surface area contributed by atoms with Gasteiger partial charge in [-0.2, -0.15) is 0 Å². The molecule has 0 bridgehead atoms. The first-order valence-electron chi connectivity index (χ1n) is 10.7. The van der Waals surface area contributed by atoms with E-state index >= 15 is 0 Å². The molecule has 0 aliphatic heterocycles. The van der Waals surface area contributed by atoms with Crippen molar-refractivity contribution in [3.8, 4) is 22.9 Å². The van der Waals surface area contributed by atoms with Crippen LogP contribution in [-0.4, -0.2) is 28.1 Å². The zero-order valence-corrected chi connectivity index (χ0v) is 18.5. The van der Waals surface area contributed by atoms with Crippen LogP contribution in [0.1, 0.15) is 23.3 Å². The minimum Gasteiger partial charge on any atom is -0.490 e. The van der Waals surface area contributed by atoms with E-state index in [1.807, 2.05) is 30.3 Å². The molecule has 8 nitrogen and oxygen atoms in total. The van der Waals surface area contributed by atoms with Crippen molar-refractivity contribution < 1.29 is 14.4 Å². The van der Waals surface area contributed by atoms with Crippen LogP contribution in [0.3, 0.4) is 0 Å². The lowest BCUT2D eigenvalue weighted by molar-refractivity contribution is -0.384. The second kappa shape index (κ2) is 9.03. The first kappa shape index (κ1) is 21.1. The molecule has 33 heavy (non-hydrogen) atoms. The number of benzene rings is 2. The molecule has 5 rings (SSSR count). The summed E-state index contributed by atoms with van der Waals surface area (Å²) in [4.78, 5) is 33.2. The lowest BCUT2D eigenvalue weighted by Crippen LogP contribution is -2.13. The third-order valence-corrected chi connectivity index (χ3v) is 6.79. The zero-order chi connectivity index (χ0) is 22.8. The quantitative estimate of drug-likeness (QED) is 0.237. The summed E-state index contributed by atoms with van der Waals surface area (Å²) >= 11 is 1.53. The molecule has 1 aliphatic carbocycles. The normalized spacial score (nSPS) is 13.0. The van der Waals surface area contributed by atoms with Crippen LogP contribution >= 0.6 is 11.3 Å². The molecule has 0 spiro atoms. The minimum absolute atomic E-state index is 0.105. The van der Waals surface area contributed by atoms with Gasteiger partial charge in [-0.15, -0.1) is 11.3 Å². The van der Waals surface area contributed by atoms with E-state index in [2.05, 4.69) is 9.97 Å². The highest BCUT2D eigenvalue weighted by Crippen LogP contribution is 2.36. The summed E-state index contributed by atoms with van der Waals surface area (Å²) in [5.41, 5.74) is 1.13. The number of rotatable bonds is 7. The molecule has 0 amide bonds.